The van der Waals surface area contributed by atoms with E-state index in [9.17, 15) is 9.59 Å². The van der Waals surface area contributed by atoms with Crippen LogP contribution in [0.4, 0.5) is 0 Å². The van der Waals surface area contributed by atoms with Crippen molar-refractivity contribution in [2.45, 2.75) is 31.3 Å². The molecule has 2 aliphatic heterocycles. The quantitative estimate of drug-likeness (QED) is 0.871. The Labute approximate surface area is 128 Å². The van der Waals surface area contributed by atoms with E-state index < -0.39 is 0 Å². The maximum atomic E-state index is 13.1. The normalized spacial score (nSPS) is 24.2. The van der Waals surface area contributed by atoms with E-state index in [0.717, 1.165) is 23.6 Å². The largest absolute Gasteiger partial charge is 0.354 e. The van der Waals surface area contributed by atoms with Gasteiger partial charge in [-0.1, -0.05) is 12.1 Å². The number of amides is 2. The van der Waals surface area contributed by atoms with Gasteiger partial charge >= 0.3 is 0 Å². The van der Waals surface area contributed by atoms with Gasteiger partial charge in [0.2, 0.25) is 5.91 Å². The molecule has 2 saturated heterocycles. The molecule has 5 heteroatoms. The number of fused-ring (bicyclic) bond motifs is 3. The highest BCUT2D eigenvalue weighted by atomic mass is 16.2. The minimum Gasteiger partial charge on any atom is -0.354 e. The van der Waals surface area contributed by atoms with E-state index in [0.29, 0.717) is 18.5 Å². The molecule has 0 unspecified atom stereocenters. The van der Waals surface area contributed by atoms with Gasteiger partial charge in [-0.05, 0) is 30.4 Å². The molecule has 1 aromatic heterocycles. The van der Waals surface area contributed by atoms with Crippen molar-refractivity contribution in [3.63, 3.8) is 0 Å². The Morgan fingerprint density at radius 2 is 2.09 bits per heavy atom. The van der Waals surface area contributed by atoms with Gasteiger partial charge in [0.05, 0.1) is 0 Å². The van der Waals surface area contributed by atoms with E-state index in [1.807, 2.05) is 29.2 Å². The van der Waals surface area contributed by atoms with Crippen molar-refractivity contribution in [3.05, 3.63) is 42.2 Å². The number of pyridine rings is 1. The highest BCUT2D eigenvalue weighted by Gasteiger charge is 2.40. The van der Waals surface area contributed by atoms with Crippen LogP contribution in [0.1, 0.15) is 29.6 Å². The van der Waals surface area contributed by atoms with Crippen LogP contribution in [-0.2, 0) is 4.79 Å². The zero-order valence-corrected chi connectivity index (χ0v) is 12.2. The molecule has 0 spiro atoms. The van der Waals surface area contributed by atoms with Crippen molar-refractivity contribution in [3.8, 4) is 0 Å². The molecule has 112 valence electrons. The molecule has 0 aliphatic carbocycles. The Balaban J connectivity index is 1.76. The topological polar surface area (TPSA) is 62.3 Å². The maximum absolute atomic E-state index is 13.1. The molecule has 1 aromatic carbocycles. The molecule has 2 aliphatic rings. The molecule has 2 bridgehead atoms. The molecule has 3 heterocycles. The van der Waals surface area contributed by atoms with Crippen LogP contribution in [0, 0.1) is 0 Å². The minimum absolute atomic E-state index is 0.0251. The van der Waals surface area contributed by atoms with Crippen LogP contribution in [-0.4, -0.2) is 40.3 Å². The van der Waals surface area contributed by atoms with Gasteiger partial charge < -0.3 is 10.2 Å². The highest BCUT2D eigenvalue weighted by Crippen LogP contribution is 2.31. The summed E-state index contributed by atoms with van der Waals surface area (Å²) in [5, 5.41) is 4.79. The number of aromatic nitrogens is 1. The van der Waals surface area contributed by atoms with Crippen molar-refractivity contribution in [2.75, 3.05) is 6.54 Å². The molecule has 2 fully saturated rings. The Bertz CT molecular complexity index is 753. The molecular formula is C17H17N3O2. The standard InChI is InChI=1S/C17H17N3O2/c21-16-8-12-4-5-13(10-19-16)20(12)17(22)15-3-1-2-11-9-18-7-6-14(11)15/h1-3,6-7,9,12-13H,4-5,8,10H2,(H,19,21)/t12-,13+/m1/s1. The first-order valence-corrected chi connectivity index (χ1v) is 7.66. The number of nitrogens with one attached hydrogen (secondary N) is 1. The van der Waals surface area contributed by atoms with Crippen LogP contribution >= 0.6 is 0 Å². The van der Waals surface area contributed by atoms with Crippen molar-refractivity contribution in [1.82, 2.24) is 15.2 Å². The van der Waals surface area contributed by atoms with Gasteiger partial charge in [0.25, 0.3) is 5.91 Å². The van der Waals surface area contributed by atoms with Gasteiger partial charge in [-0.3, -0.25) is 14.6 Å². The number of carbonyl (C=O) groups is 2. The molecule has 2 aromatic rings. The van der Waals surface area contributed by atoms with Crippen molar-refractivity contribution < 1.29 is 9.59 Å². The number of benzene rings is 1. The summed E-state index contributed by atoms with van der Waals surface area (Å²) in [5.74, 6) is 0.0768. The summed E-state index contributed by atoms with van der Waals surface area (Å²) in [7, 11) is 0. The minimum atomic E-state index is 0.0251. The number of carbonyl (C=O) groups excluding carboxylic acids is 2. The lowest BCUT2D eigenvalue weighted by atomic mass is 10.0. The summed E-state index contributed by atoms with van der Waals surface area (Å²) >= 11 is 0. The first kappa shape index (κ1) is 13.2. The van der Waals surface area contributed by atoms with Crippen LogP contribution in [0.15, 0.2) is 36.7 Å². The van der Waals surface area contributed by atoms with Gasteiger partial charge in [-0.2, -0.15) is 0 Å². The molecule has 5 nitrogen and oxygen atoms in total. The Kier molecular flexibility index (Phi) is 3.06. The molecule has 1 N–H and O–H groups in total. The summed E-state index contributed by atoms with van der Waals surface area (Å²) in [5.41, 5.74) is 0.700. The average molecular weight is 295 g/mol. The first-order chi connectivity index (χ1) is 10.7. The molecule has 2 amide bonds. The molecule has 0 saturated carbocycles. The number of hydrogen-bond acceptors (Lipinski definition) is 3. The molecule has 4 rings (SSSR count). The monoisotopic (exact) mass is 295 g/mol. The summed E-state index contributed by atoms with van der Waals surface area (Å²) in [6.45, 7) is 0.563. The van der Waals surface area contributed by atoms with Crippen LogP contribution in [0.25, 0.3) is 10.8 Å². The second-order valence-corrected chi connectivity index (χ2v) is 6.01. The van der Waals surface area contributed by atoms with Crippen LogP contribution < -0.4 is 5.32 Å². The van der Waals surface area contributed by atoms with Crippen LogP contribution in [0.3, 0.4) is 0 Å². The van der Waals surface area contributed by atoms with Crippen molar-refractivity contribution in [2.24, 2.45) is 0 Å². The molecule has 0 radical (unpaired) electrons. The Hall–Kier alpha value is -2.43. The van der Waals surface area contributed by atoms with E-state index in [1.54, 1.807) is 12.4 Å². The lowest BCUT2D eigenvalue weighted by Gasteiger charge is -2.28. The Morgan fingerprint density at radius 1 is 1.23 bits per heavy atom. The zero-order valence-electron chi connectivity index (χ0n) is 12.2. The van der Waals surface area contributed by atoms with Gasteiger partial charge in [-0.25, -0.2) is 0 Å². The average Bonchev–Trinajstić information content (AvgIpc) is 2.85. The lowest BCUT2D eigenvalue weighted by molar-refractivity contribution is -0.121. The Morgan fingerprint density at radius 3 is 3.00 bits per heavy atom. The fourth-order valence-corrected chi connectivity index (χ4v) is 3.66. The van der Waals surface area contributed by atoms with Crippen molar-refractivity contribution in [1.29, 1.82) is 0 Å². The third-order valence-electron chi connectivity index (χ3n) is 4.72. The molecule has 2 atom stereocenters. The number of hydrogen-bond donors (Lipinski definition) is 1. The van der Waals surface area contributed by atoms with Crippen LogP contribution in [0.2, 0.25) is 0 Å². The van der Waals surface area contributed by atoms with Gasteiger partial charge in [0, 0.05) is 48.4 Å². The van der Waals surface area contributed by atoms with Gasteiger partial charge in [0.1, 0.15) is 0 Å². The second-order valence-electron chi connectivity index (χ2n) is 6.01. The summed E-state index contributed by atoms with van der Waals surface area (Å²) in [6, 6.07) is 7.73. The molecular weight excluding hydrogens is 278 g/mol. The SMILES string of the molecule is O=C1C[C@H]2CC[C@@H](CN1)N2C(=O)c1cccc2cnccc12. The third kappa shape index (κ3) is 2.04. The number of rotatable bonds is 1. The third-order valence-corrected chi connectivity index (χ3v) is 4.72. The lowest BCUT2D eigenvalue weighted by Crippen LogP contribution is -2.42. The van der Waals surface area contributed by atoms with E-state index in [-0.39, 0.29) is 23.9 Å². The van der Waals surface area contributed by atoms with Crippen LogP contribution in [0.5, 0.6) is 0 Å². The van der Waals surface area contributed by atoms with E-state index in [1.165, 1.54) is 0 Å². The van der Waals surface area contributed by atoms with Gasteiger partial charge in [0.15, 0.2) is 0 Å². The predicted octanol–water partition coefficient (Wildman–Crippen LogP) is 1.73. The predicted molar refractivity (Wildman–Crippen MR) is 82.3 cm³/mol. The fourth-order valence-electron chi connectivity index (χ4n) is 3.66. The summed E-state index contributed by atoms with van der Waals surface area (Å²) in [6.07, 6.45) is 5.77. The summed E-state index contributed by atoms with van der Waals surface area (Å²) < 4.78 is 0. The van der Waals surface area contributed by atoms with E-state index in [2.05, 4.69) is 10.3 Å². The maximum Gasteiger partial charge on any atom is 0.255 e. The summed E-state index contributed by atoms with van der Waals surface area (Å²) in [4.78, 5) is 30.9. The zero-order chi connectivity index (χ0) is 15.1. The second kappa shape index (κ2) is 5.09. The first-order valence-electron chi connectivity index (χ1n) is 7.66. The van der Waals surface area contributed by atoms with Gasteiger partial charge in [-0.15, -0.1) is 0 Å². The smallest absolute Gasteiger partial charge is 0.255 e. The number of nitrogens with zero attached hydrogens (tertiary/aromatic N) is 2. The van der Waals surface area contributed by atoms with E-state index >= 15 is 0 Å². The van der Waals surface area contributed by atoms with E-state index in [4.69, 9.17) is 0 Å². The highest BCUT2D eigenvalue weighted by molar-refractivity contribution is 6.07. The van der Waals surface area contributed by atoms with Crippen molar-refractivity contribution >= 4 is 22.6 Å². The molecule has 22 heavy (non-hydrogen) atoms. The fraction of sp³-hybridized carbons (Fsp3) is 0.353.